The molecule has 2 nitrogen and oxygen atoms in total. The SMILES string of the molecule is Cc1ccc(CNO)c(Cl)c1. The predicted octanol–water partition coefficient (Wildman–Crippen LogP) is 2.13. The molecule has 3 heteroatoms. The van der Waals surface area contributed by atoms with Crippen molar-refractivity contribution in [3.8, 4) is 0 Å². The number of hydrogen-bond donors (Lipinski definition) is 2. The van der Waals surface area contributed by atoms with Gasteiger partial charge in [0, 0.05) is 11.6 Å². The third-order valence-corrected chi connectivity index (χ3v) is 1.83. The van der Waals surface area contributed by atoms with Gasteiger partial charge in [0.2, 0.25) is 0 Å². The quantitative estimate of drug-likeness (QED) is 0.669. The second kappa shape index (κ2) is 3.72. The molecule has 60 valence electrons. The zero-order valence-corrected chi connectivity index (χ0v) is 7.02. The normalized spacial score (nSPS) is 10.1. The molecule has 1 aromatic rings. The van der Waals surface area contributed by atoms with Crippen LogP contribution in [0.15, 0.2) is 18.2 Å². The van der Waals surface area contributed by atoms with E-state index in [2.05, 4.69) is 5.48 Å². The lowest BCUT2D eigenvalue weighted by Gasteiger charge is -2.02. The first-order chi connectivity index (χ1) is 5.24. The van der Waals surface area contributed by atoms with E-state index >= 15 is 0 Å². The summed E-state index contributed by atoms with van der Waals surface area (Å²) in [4.78, 5) is 0. The highest BCUT2D eigenvalue weighted by atomic mass is 35.5. The molecule has 0 spiro atoms. The Morgan fingerprint density at radius 3 is 2.82 bits per heavy atom. The summed E-state index contributed by atoms with van der Waals surface area (Å²) in [6.07, 6.45) is 0. The van der Waals surface area contributed by atoms with Gasteiger partial charge in [-0.1, -0.05) is 23.7 Å². The molecule has 1 rings (SSSR count). The van der Waals surface area contributed by atoms with E-state index in [0.29, 0.717) is 11.6 Å². The van der Waals surface area contributed by atoms with Gasteiger partial charge in [0.15, 0.2) is 0 Å². The molecule has 0 aliphatic heterocycles. The summed E-state index contributed by atoms with van der Waals surface area (Å²) in [5.41, 5.74) is 4.08. The van der Waals surface area contributed by atoms with Gasteiger partial charge in [0.1, 0.15) is 0 Å². The molecule has 2 N–H and O–H groups in total. The summed E-state index contributed by atoms with van der Waals surface area (Å²) in [5, 5.41) is 9.09. The Balaban J connectivity index is 2.90. The van der Waals surface area contributed by atoms with Crippen molar-refractivity contribution in [2.45, 2.75) is 13.5 Å². The van der Waals surface area contributed by atoms with E-state index in [1.807, 2.05) is 25.1 Å². The number of nitrogens with one attached hydrogen (secondary N) is 1. The molecular formula is C8H10ClNO. The van der Waals surface area contributed by atoms with E-state index < -0.39 is 0 Å². The fourth-order valence-corrected chi connectivity index (χ4v) is 1.18. The summed E-state index contributed by atoms with van der Waals surface area (Å²) < 4.78 is 0. The largest absolute Gasteiger partial charge is 0.316 e. The first kappa shape index (κ1) is 8.53. The number of rotatable bonds is 2. The monoisotopic (exact) mass is 171 g/mol. The van der Waals surface area contributed by atoms with Gasteiger partial charge < -0.3 is 5.21 Å². The van der Waals surface area contributed by atoms with Crippen molar-refractivity contribution in [2.75, 3.05) is 0 Å². The number of benzene rings is 1. The maximum atomic E-state index is 8.40. The standard InChI is InChI=1S/C8H10ClNO/c1-6-2-3-7(5-10-11)8(9)4-6/h2-4,10-11H,5H2,1H3. The van der Waals surface area contributed by atoms with Crippen molar-refractivity contribution in [1.29, 1.82) is 0 Å². The van der Waals surface area contributed by atoms with Gasteiger partial charge in [-0.25, -0.2) is 5.48 Å². The molecule has 0 radical (unpaired) electrons. The highest BCUT2D eigenvalue weighted by Crippen LogP contribution is 2.16. The lowest BCUT2D eigenvalue weighted by molar-refractivity contribution is 0.161. The van der Waals surface area contributed by atoms with Gasteiger partial charge in [-0.15, -0.1) is 0 Å². The third-order valence-electron chi connectivity index (χ3n) is 1.48. The van der Waals surface area contributed by atoms with Crippen LogP contribution < -0.4 is 5.48 Å². The van der Waals surface area contributed by atoms with E-state index in [1.165, 1.54) is 0 Å². The summed E-state index contributed by atoms with van der Waals surface area (Å²) in [6.45, 7) is 2.36. The summed E-state index contributed by atoms with van der Waals surface area (Å²) in [5.74, 6) is 0. The fourth-order valence-electron chi connectivity index (χ4n) is 0.881. The molecule has 0 saturated carbocycles. The molecule has 1 aromatic carbocycles. The Kier molecular flexibility index (Phi) is 2.88. The molecule has 0 bridgehead atoms. The Labute approximate surface area is 70.8 Å². The third kappa shape index (κ3) is 2.19. The zero-order valence-electron chi connectivity index (χ0n) is 6.26. The molecule has 0 fully saturated rings. The van der Waals surface area contributed by atoms with E-state index in [0.717, 1.165) is 11.1 Å². The fraction of sp³-hybridized carbons (Fsp3) is 0.250. The maximum absolute atomic E-state index is 8.40. The Morgan fingerprint density at radius 2 is 2.27 bits per heavy atom. The van der Waals surface area contributed by atoms with Crippen LogP contribution in [-0.2, 0) is 6.54 Å². The van der Waals surface area contributed by atoms with E-state index in [9.17, 15) is 0 Å². The van der Waals surface area contributed by atoms with Crippen molar-refractivity contribution < 1.29 is 5.21 Å². The molecule has 0 aromatic heterocycles. The van der Waals surface area contributed by atoms with Crippen LogP contribution in [0, 0.1) is 6.92 Å². The smallest absolute Gasteiger partial charge is 0.0472 e. The van der Waals surface area contributed by atoms with Crippen LogP contribution in [0.1, 0.15) is 11.1 Å². The Hall–Kier alpha value is -0.570. The van der Waals surface area contributed by atoms with E-state index in [1.54, 1.807) is 0 Å². The van der Waals surface area contributed by atoms with E-state index in [-0.39, 0.29) is 0 Å². The van der Waals surface area contributed by atoms with Gasteiger partial charge in [-0.3, -0.25) is 0 Å². The van der Waals surface area contributed by atoms with Crippen molar-refractivity contribution >= 4 is 11.6 Å². The molecule has 11 heavy (non-hydrogen) atoms. The van der Waals surface area contributed by atoms with Crippen LogP contribution in [-0.4, -0.2) is 5.21 Å². The van der Waals surface area contributed by atoms with Gasteiger partial charge in [-0.05, 0) is 24.1 Å². The molecule has 0 amide bonds. The molecule has 0 heterocycles. The lowest BCUT2D eigenvalue weighted by Crippen LogP contribution is -2.06. The van der Waals surface area contributed by atoms with Crippen LogP contribution in [0.4, 0.5) is 0 Å². The second-order valence-electron chi connectivity index (χ2n) is 2.43. The summed E-state index contributed by atoms with van der Waals surface area (Å²) >= 11 is 5.86. The second-order valence-corrected chi connectivity index (χ2v) is 2.84. The molecule has 0 aliphatic rings. The minimum absolute atomic E-state index is 0.388. The number of halogens is 1. The van der Waals surface area contributed by atoms with Crippen LogP contribution in [0.25, 0.3) is 0 Å². The van der Waals surface area contributed by atoms with Crippen molar-refractivity contribution in [3.05, 3.63) is 34.3 Å². The maximum Gasteiger partial charge on any atom is 0.0472 e. The van der Waals surface area contributed by atoms with Crippen LogP contribution >= 0.6 is 11.6 Å². The highest BCUT2D eigenvalue weighted by Gasteiger charge is 1.97. The number of hydroxylamine groups is 1. The number of hydrogen-bond acceptors (Lipinski definition) is 2. The van der Waals surface area contributed by atoms with Crippen molar-refractivity contribution in [1.82, 2.24) is 5.48 Å². The highest BCUT2D eigenvalue weighted by molar-refractivity contribution is 6.31. The average molecular weight is 172 g/mol. The van der Waals surface area contributed by atoms with Crippen molar-refractivity contribution in [2.24, 2.45) is 0 Å². The van der Waals surface area contributed by atoms with Crippen LogP contribution in [0.3, 0.4) is 0 Å². The molecule has 0 aliphatic carbocycles. The van der Waals surface area contributed by atoms with Crippen LogP contribution in [0.5, 0.6) is 0 Å². The first-order valence-electron chi connectivity index (χ1n) is 3.36. The summed E-state index contributed by atoms with van der Waals surface area (Å²) in [7, 11) is 0. The minimum atomic E-state index is 0.388. The average Bonchev–Trinajstić information content (AvgIpc) is 1.95. The lowest BCUT2D eigenvalue weighted by atomic mass is 10.1. The Bertz CT molecular complexity index is 250. The van der Waals surface area contributed by atoms with Gasteiger partial charge >= 0.3 is 0 Å². The summed E-state index contributed by atoms with van der Waals surface area (Å²) in [6, 6.07) is 5.72. The molecule has 0 atom stereocenters. The molecule has 0 saturated heterocycles. The Morgan fingerprint density at radius 1 is 1.55 bits per heavy atom. The van der Waals surface area contributed by atoms with Crippen molar-refractivity contribution in [3.63, 3.8) is 0 Å². The van der Waals surface area contributed by atoms with Gasteiger partial charge in [0.25, 0.3) is 0 Å². The predicted molar refractivity (Wildman–Crippen MR) is 44.8 cm³/mol. The van der Waals surface area contributed by atoms with E-state index in [4.69, 9.17) is 16.8 Å². The van der Waals surface area contributed by atoms with Gasteiger partial charge in [-0.2, -0.15) is 0 Å². The van der Waals surface area contributed by atoms with Crippen LogP contribution in [0.2, 0.25) is 5.02 Å². The molecular weight excluding hydrogens is 162 g/mol. The van der Waals surface area contributed by atoms with Gasteiger partial charge in [0.05, 0.1) is 0 Å². The minimum Gasteiger partial charge on any atom is -0.316 e. The first-order valence-corrected chi connectivity index (χ1v) is 3.74. The molecule has 0 unspecified atom stereocenters. The number of aryl methyl sites for hydroxylation is 1. The zero-order chi connectivity index (χ0) is 8.27. The topological polar surface area (TPSA) is 32.3 Å².